The third-order valence-corrected chi connectivity index (χ3v) is 4.18. The fourth-order valence-corrected chi connectivity index (χ4v) is 1.93. The van der Waals surface area contributed by atoms with Crippen LogP contribution in [0.5, 0.6) is 0 Å². The van der Waals surface area contributed by atoms with Gasteiger partial charge in [0.15, 0.2) is 0 Å². The second-order valence-corrected chi connectivity index (χ2v) is 20.3. The summed E-state index contributed by atoms with van der Waals surface area (Å²) in [5, 5.41) is 0. The van der Waals surface area contributed by atoms with Gasteiger partial charge in [0.2, 0.25) is 0 Å². The Morgan fingerprint density at radius 2 is 1.33 bits per heavy atom. The molecular formula is C10H20Cl4Rh. The fraction of sp³-hybridized carbons (Fsp3) is 1.00. The van der Waals surface area contributed by atoms with Crippen molar-refractivity contribution in [3.05, 3.63) is 0 Å². The molecule has 0 radical (unpaired) electrons. The van der Waals surface area contributed by atoms with Crippen LogP contribution in [0.3, 0.4) is 0 Å². The number of halogens is 4. The first-order chi connectivity index (χ1) is 6.38. The van der Waals surface area contributed by atoms with Crippen LogP contribution in [0.4, 0.5) is 0 Å². The molecule has 0 aliphatic heterocycles. The van der Waals surface area contributed by atoms with Gasteiger partial charge in [0.1, 0.15) is 0 Å². The Morgan fingerprint density at radius 1 is 1.00 bits per heavy atom. The van der Waals surface area contributed by atoms with E-state index in [1.165, 1.54) is 12.8 Å². The Bertz CT molecular complexity index is 202. The minimum absolute atomic E-state index is 0.549. The third-order valence-electron chi connectivity index (χ3n) is 4.18. The first kappa shape index (κ1) is 16.8. The van der Waals surface area contributed by atoms with Crippen LogP contribution in [0, 0.1) is 16.7 Å². The predicted octanol–water partition coefficient (Wildman–Crippen LogP) is 6.22. The van der Waals surface area contributed by atoms with E-state index in [2.05, 4.69) is 34.6 Å². The first-order valence-corrected chi connectivity index (χ1v) is 13.3. The summed E-state index contributed by atoms with van der Waals surface area (Å²) in [6.07, 6.45) is 2.82. The van der Waals surface area contributed by atoms with Gasteiger partial charge in [0, 0.05) is 0 Å². The number of hydrogen-bond donors (Lipinski definition) is 0. The molecule has 1 aliphatic rings. The summed E-state index contributed by atoms with van der Waals surface area (Å²) >= 11 is 0. The van der Waals surface area contributed by atoms with Crippen molar-refractivity contribution in [2.75, 3.05) is 0 Å². The zero-order valence-corrected chi connectivity index (χ0v) is 14.5. The van der Waals surface area contributed by atoms with E-state index < -0.39 is 10.8 Å². The van der Waals surface area contributed by atoms with E-state index in [9.17, 15) is 0 Å². The van der Waals surface area contributed by atoms with E-state index in [1.807, 2.05) is 0 Å². The van der Waals surface area contributed by atoms with E-state index >= 15 is 0 Å². The average molecular weight is 385 g/mol. The van der Waals surface area contributed by atoms with Crippen molar-refractivity contribution in [2.45, 2.75) is 47.5 Å². The minimum atomic E-state index is -2.89. The summed E-state index contributed by atoms with van der Waals surface area (Å²) in [6.45, 7) is 12.0. The van der Waals surface area contributed by atoms with Gasteiger partial charge in [-0.15, -0.1) is 0 Å². The maximum absolute atomic E-state index is 4.99. The standard InChI is InChI=1S/C10H20.4ClH.Rh/c1-8-6-7-9(2,3)10(8,4)5;;;;;/h8H,6-7H2,1-5H3;4*1H;/q;;;;;+4/p-4. The summed E-state index contributed by atoms with van der Waals surface area (Å²) in [6, 6.07) is 0. The molecule has 1 atom stereocenters. The SMILES string of the molecule is CC1CCC(C)(C)C1(C)C.[Cl][Rh]([Cl])([Cl])[Cl]. The topological polar surface area (TPSA) is 0 Å². The van der Waals surface area contributed by atoms with E-state index in [0.29, 0.717) is 10.8 Å². The van der Waals surface area contributed by atoms with Crippen LogP contribution in [0.25, 0.3) is 0 Å². The van der Waals surface area contributed by atoms with Crippen LogP contribution in [-0.2, 0) is 10.8 Å². The maximum atomic E-state index is 4.99. The summed E-state index contributed by atoms with van der Waals surface area (Å²) < 4.78 is 0. The Labute approximate surface area is 113 Å². The molecule has 0 aromatic heterocycles. The van der Waals surface area contributed by atoms with Gasteiger partial charge >= 0.3 is 49.6 Å². The second-order valence-electron chi connectivity index (χ2n) is 5.33. The Morgan fingerprint density at radius 3 is 1.40 bits per heavy atom. The molecule has 0 aromatic rings. The molecule has 1 aliphatic carbocycles. The van der Waals surface area contributed by atoms with Gasteiger partial charge in [-0.1, -0.05) is 34.6 Å². The molecule has 0 bridgehead atoms. The van der Waals surface area contributed by atoms with E-state index in [0.717, 1.165) is 5.92 Å². The molecule has 0 N–H and O–H groups in total. The van der Waals surface area contributed by atoms with Crippen molar-refractivity contribution in [2.24, 2.45) is 16.7 Å². The van der Waals surface area contributed by atoms with Crippen molar-refractivity contribution in [1.82, 2.24) is 0 Å². The van der Waals surface area contributed by atoms with Crippen LogP contribution >= 0.6 is 38.8 Å². The summed E-state index contributed by atoms with van der Waals surface area (Å²) in [5.74, 6) is 0.905. The fourth-order valence-electron chi connectivity index (χ4n) is 1.93. The molecule has 0 heterocycles. The summed E-state index contributed by atoms with van der Waals surface area (Å²) in [4.78, 5) is 0. The summed E-state index contributed by atoms with van der Waals surface area (Å²) in [7, 11) is 17.1. The Hall–Kier alpha value is 1.78. The van der Waals surface area contributed by atoms with Crippen molar-refractivity contribution in [3.63, 3.8) is 0 Å². The molecule has 97 valence electrons. The van der Waals surface area contributed by atoms with Gasteiger partial charge in [-0.05, 0) is 29.6 Å². The summed E-state index contributed by atoms with van der Waals surface area (Å²) in [5.41, 5.74) is 1.11. The Balaban J connectivity index is 0.000000336. The molecule has 0 spiro atoms. The number of rotatable bonds is 0. The molecule has 1 rings (SSSR count). The van der Waals surface area contributed by atoms with E-state index in [4.69, 9.17) is 38.8 Å². The van der Waals surface area contributed by atoms with Gasteiger partial charge in [-0.2, -0.15) is 0 Å². The predicted molar refractivity (Wildman–Crippen MR) is 69.4 cm³/mol. The van der Waals surface area contributed by atoms with Gasteiger partial charge in [-0.3, -0.25) is 0 Å². The van der Waals surface area contributed by atoms with Crippen LogP contribution in [0.15, 0.2) is 0 Å². The molecule has 15 heavy (non-hydrogen) atoms. The molecule has 0 saturated heterocycles. The molecule has 1 fully saturated rings. The normalized spacial score (nSPS) is 29.3. The van der Waals surface area contributed by atoms with Crippen LogP contribution < -0.4 is 0 Å². The van der Waals surface area contributed by atoms with Crippen LogP contribution in [-0.4, -0.2) is 0 Å². The molecular weight excluding hydrogens is 365 g/mol. The average Bonchev–Trinajstić information content (AvgIpc) is 2.10. The third kappa shape index (κ3) is 5.78. The quantitative estimate of drug-likeness (QED) is 0.434. The number of hydrogen-bond acceptors (Lipinski definition) is 0. The van der Waals surface area contributed by atoms with Gasteiger partial charge in [-0.25, -0.2) is 0 Å². The van der Waals surface area contributed by atoms with Crippen molar-refractivity contribution in [3.8, 4) is 0 Å². The Kier molecular flexibility index (Phi) is 6.28. The van der Waals surface area contributed by atoms with Gasteiger partial charge < -0.3 is 0 Å². The molecule has 5 heteroatoms. The second kappa shape index (κ2) is 5.62. The molecule has 1 unspecified atom stereocenters. The van der Waals surface area contributed by atoms with Gasteiger partial charge in [0.05, 0.1) is 0 Å². The van der Waals surface area contributed by atoms with Crippen LogP contribution in [0.1, 0.15) is 47.5 Å². The van der Waals surface area contributed by atoms with E-state index in [-0.39, 0.29) is 0 Å². The first-order valence-electron chi connectivity index (χ1n) is 4.88. The molecule has 1 saturated carbocycles. The van der Waals surface area contributed by atoms with Crippen molar-refractivity contribution < 1.29 is 10.8 Å². The van der Waals surface area contributed by atoms with Crippen molar-refractivity contribution >= 4 is 38.8 Å². The molecule has 0 nitrogen and oxygen atoms in total. The van der Waals surface area contributed by atoms with Crippen LogP contribution in [0.2, 0.25) is 0 Å². The molecule has 0 aromatic carbocycles. The molecule has 0 amide bonds. The van der Waals surface area contributed by atoms with Gasteiger partial charge in [0.25, 0.3) is 0 Å². The zero-order valence-electron chi connectivity index (χ0n) is 9.84. The monoisotopic (exact) mass is 383 g/mol. The zero-order chi connectivity index (χ0) is 12.5. The van der Waals surface area contributed by atoms with E-state index in [1.54, 1.807) is 0 Å². The van der Waals surface area contributed by atoms with Crippen molar-refractivity contribution in [1.29, 1.82) is 0 Å².